The van der Waals surface area contributed by atoms with Gasteiger partial charge in [-0.05, 0) is 59.0 Å². The predicted molar refractivity (Wildman–Crippen MR) is 95.6 cm³/mol. The van der Waals surface area contributed by atoms with Gasteiger partial charge in [0.1, 0.15) is 11.5 Å². The number of rotatable bonds is 5. The molecule has 0 saturated heterocycles. The van der Waals surface area contributed by atoms with Gasteiger partial charge in [-0.25, -0.2) is 0 Å². The second-order valence-corrected chi connectivity index (χ2v) is 5.81. The summed E-state index contributed by atoms with van der Waals surface area (Å²) in [6, 6.07) is 21.1. The highest BCUT2D eigenvalue weighted by Crippen LogP contribution is 2.24. The Balaban J connectivity index is 1.48. The molecule has 0 fully saturated rings. The molecule has 2 heterocycles. The summed E-state index contributed by atoms with van der Waals surface area (Å²) < 4.78 is 7.51. The Hall–Kier alpha value is -3.12. The van der Waals surface area contributed by atoms with Gasteiger partial charge in [-0.15, -0.1) is 0 Å². The second kappa shape index (κ2) is 6.78. The van der Waals surface area contributed by atoms with Crippen LogP contribution < -0.4 is 5.32 Å². The van der Waals surface area contributed by atoms with E-state index in [2.05, 4.69) is 20.8 Å². The largest absolute Gasteiger partial charge is 0.459 e. The number of aromatic nitrogens is 4. The Kier molecular flexibility index (Phi) is 4.18. The Labute approximate surface area is 149 Å². The summed E-state index contributed by atoms with van der Waals surface area (Å²) >= 11 is 5.91. The molecule has 0 bridgehead atoms. The van der Waals surface area contributed by atoms with Crippen LogP contribution >= 0.6 is 11.6 Å². The molecule has 0 atom stereocenters. The molecule has 0 amide bonds. The van der Waals surface area contributed by atoms with E-state index in [1.165, 1.54) is 0 Å². The van der Waals surface area contributed by atoms with Crippen molar-refractivity contribution in [2.45, 2.75) is 6.54 Å². The van der Waals surface area contributed by atoms with Crippen LogP contribution in [0, 0.1) is 0 Å². The normalized spacial score (nSPS) is 10.8. The minimum atomic E-state index is 0.473. The first-order valence-electron chi connectivity index (χ1n) is 7.72. The fourth-order valence-corrected chi connectivity index (χ4v) is 2.57. The molecule has 0 radical (unpaired) electrons. The van der Waals surface area contributed by atoms with Crippen molar-refractivity contribution in [2.75, 3.05) is 5.32 Å². The van der Waals surface area contributed by atoms with Crippen molar-refractivity contribution in [2.24, 2.45) is 0 Å². The maximum atomic E-state index is 5.91. The van der Waals surface area contributed by atoms with Crippen LogP contribution in [0.1, 0.15) is 5.76 Å². The molecule has 124 valence electrons. The van der Waals surface area contributed by atoms with Gasteiger partial charge >= 0.3 is 0 Å². The maximum absolute atomic E-state index is 5.91. The lowest BCUT2D eigenvalue weighted by molar-refractivity contribution is 0.530. The van der Waals surface area contributed by atoms with Crippen molar-refractivity contribution in [3.05, 3.63) is 77.5 Å². The summed E-state index contributed by atoms with van der Waals surface area (Å²) in [4.78, 5) is 0. The smallest absolute Gasteiger partial charge is 0.248 e. The number of hydrogen-bond donors (Lipinski definition) is 1. The highest BCUT2D eigenvalue weighted by atomic mass is 35.5. The first kappa shape index (κ1) is 15.4. The van der Waals surface area contributed by atoms with E-state index in [9.17, 15) is 0 Å². The average Bonchev–Trinajstić information content (AvgIpc) is 3.31. The Morgan fingerprint density at radius 2 is 1.76 bits per heavy atom. The minimum absolute atomic E-state index is 0.473. The zero-order chi connectivity index (χ0) is 17.1. The van der Waals surface area contributed by atoms with Crippen LogP contribution in [-0.2, 0) is 6.54 Å². The van der Waals surface area contributed by atoms with Crippen LogP contribution in [0.25, 0.3) is 17.0 Å². The van der Waals surface area contributed by atoms with E-state index < -0.39 is 0 Å². The fraction of sp³-hybridized carbons (Fsp3) is 0.0556. The van der Waals surface area contributed by atoms with Gasteiger partial charge in [-0.2, -0.15) is 4.68 Å². The minimum Gasteiger partial charge on any atom is -0.459 e. The molecule has 4 aromatic rings. The van der Waals surface area contributed by atoms with Gasteiger partial charge in [-0.3, -0.25) is 0 Å². The van der Waals surface area contributed by atoms with Crippen LogP contribution in [0.3, 0.4) is 0 Å². The van der Waals surface area contributed by atoms with Gasteiger partial charge in [-0.1, -0.05) is 34.9 Å². The molecule has 0 spiro atoms. The standard InChI is InChI=1S/C18H14ClN5O/c19-14-8-6-13(7-9-14)17-11-10-16(25-17)12-20-18-21-22-23-24(18)15-4-2-1-3-5-15/h1-11H,12H2,(H,20,21,23). The Bertz CT molecular complexity index is 963. The van der Waals surface area contributed by atoms with E-state index >= 15 is 0 Å². The lowest BCUT2D eigenvalue weighted by atomic mass is 10.2. The van der Waals surface area contributed by atoms with Crippen molar-refractivity contribution in [1.82, 2.24) is 20.2 Å². The van der Waals surface area contributed by atoms with Gasteiger partial charge in [0.25, 0.3) is 0 Å². The SMILES string of the molecule is Clc1ccc(-c2ccc(CNc3nnnn3-c3ccccc3)o2)cc1. The first-order chi connectivity index (χ1) is 12.3. The molecule has 1 N–H and O–H groups in total. The molecule has 7 heteroatoms. The molecule has 0 aliphatic carbocycles. The van der Waals surface area contributed by atoms with Gasteiger partial charge in [0, 0.05) is 10.6 Å². The Morgan fingerprint density at radius 3 is 2.56 bits per heavy atom. The molecule has 6 nitrogen and oxygen atoms in total. The van der Waals surface area contributed by atoms with E-state index in [4.69, 9.17) is 16.0 Å². The summed E-state index contributed by atoms with van der Waals surface area (Å²) in [6.45, 7) is 0.473. The molecular weight excluding hydrogens is 338 g/mol. The Morgan fingerprint density at radius 1 is 0.960 bits per heavy atom. The number of hydrogen-bond acceptors (Lipinski definition) is 5. The van der Waals surface area contributed by atoms with Gasteiger partial charge < -0.3 is 9.73 Å². The van der Waals surface area contributed by atoms with E-state index in [1.807, 2.05) is 66.7 Å². The van der Waals surface area contributed by atoms with E-state index in [1.54, 1.807) is 4.68 Å². The maximum Gasteiger partial charge on any atom is 0.248 e. The van der Waals surface area contributed by atoms with Crippen molar-refractivity contribution >= 4 is 17.5 Å². The number of nitrogens with one attached hydrogen (secondary N) is 1. The highest BCUT2D eigenvalue weighted by Gasteiger charge is 2.09. The predicted octanol–water partition coefficient (Wildman–Crippen LogP) is 4.19. The average molecular weight is 352 g/mol. The topological polar surface area (TPSA) is 68.8 Å². The van der Waals surface area contributed by atoms with Crippen LogP contribution in [-0.4, -0.2) is 20.2 Å². The van der Waals surface area contributed by atoms with E-state index in [0.717, 1.165) is 22.8 Å². The highest BCUT2D eigenvalue weighted by molar-refractivity contribution is 6.30. The first-order valence-corrected chi connectivity index (χ1v) is 8.10. The van der Waals surface area contributed by atoms with Crippen LogP contribution in [0.4, 0.5) is 5.95 Å². The number of para-hydroxylation sites is 1. The van der Waals surface area contributed by atoms with Crippen molar-refractivity contribution in [1.29, 1.82) is 0 Å². The summed E-state index contributed by atoms with van der Waals surface area (Å²) in [6.07, 6.45) is 0. The summed E-state index contributed by atoms with van der Waals surface area (Å²) in [5.41, 5.74) is 1.86. The van der Waals surface area contributed by atoms with Crippen LogP contribution in [0.15, 0.2) is 71.1 Å². The fourth-order valence-electron chi connectivity index (χ4n) is 2.45. The summed E-state index contributed by atoms with van der Waals surface area (Å²) in [5, 5.41) is 15.6. The van der Waals surface area contributed by atoms with Crippen LogP contribution in [0.2, 0.25) is 5.02 Å². The van der Waals surface area contributed by atoms with Crippen molar-refractivity contribution in [3.63, 3.8) is 0 Å². The molecule has 0 saturated carbocycles. The number of nitrogens with zero attached hydrogens (tertiary/aromatic N) is 4. The molecule has 4 rings (SSSR count). The van der Waals surface area contributed by atoms with Crippen molar-refractivity contribution < 1.29 is 4.42 Å². The zero-order valence-electron chi connectivity index (χ0n) is 13.1. The van der Waals surface area contributed by atoms with Crippen LogP contribution in [0.5, 0.6) is 0 Å². The van der Waals surface area contributed by atoms with E-state index in [0.29, 0.717) is 17.5 Å². The lowest BCUT2D eigenvalue weighted by Gasteiger charge is -2.05. The third-order valence-corrected chi connectivity index (χ3v) is 3.93. The summed E-state index contributed by atoms with van der Waals surface area (Å²) in [5.74, 6) is 2.12. The van der Waals surface area contributed by atoms with Crippen molar-refractivity contribution in [3.8, 4) is 17.0 Å². The molecular formula is C18H14ClN5O. The number of anilines is 1. The van der Waals surface area contributed by atoms with Gasteiger partial charge in [0.15, 0.2) is 0 Å². The number of benzene rings is 2. The third-order valence-electron chi connectivity index (χ3n) is 3.68. The summed E-state index contributed by atoms with van der Waals surface area (Å²) in [7, 11) is 0. The number of halogens is 1. The molecule has 25 heavy (non-hydrogen) atoms. The molecule has 0 unspecified atom stereocenters. The monoisotopic (exact) mass is 351 g/mol. The molecule has 0 aliphatic rings. The molecule has 2 aromatic carbocycles. The number of furan rings is 1. The van der Waals surface area contributed by atoms with E-state index in [-0.39, 0.29) is 0 Å². The second-order valence-electron chi connectivity index (χ2n) is 5.38. The molecule has 0 aliphatic heterocycles. The third kappa shape index (κ3) is 3.39. The zero-order valence-corrected chi connectivity index (χ0v) is 13.9. The lowest BCUT2D eigenvalue weighted by Crippen LogP contribution is -2.06. The van der Waals surface area contributed by atoms with Gasteiger partial charge in [0.05, 0.1) is 12.2 Å². The van der Waals surface area contributed by atoms with Gasteiger partial charge in [0.2, 0.25) is 5.95 Å². The quantitative estimate of drug-likeness (QED) is 0.584. The molecule has 2 aromatic heterocycles. The number of tetrazole rings is 1.